The number of aliphatic carboxylic acids is 2. The van der Waals surface area contributed by atoms with Gasteiger partial charge in [0.2, 0.25) is 0 Å². The first-order valence-corrected chi connectivity index (χ1v) is 11.1. The number of nitrogens with two attached hydrogens (primary N) is 1. The summed E-state index contributed by atoms with van der Waals surface area (Å²) in [7, 11) is 3.33. The first-order valence-electron chi connectivity index (χ1n) is 11.1. The van der Waals surface area contributed by atoms with Crippen LogP contribution in [0.2, 0.25) is 0 Å². The van der Waals surface area contributed by atoms with Crippen molar-refractivity contribution >= 4 is 33.7 Å². The van der Waals surface area contributed by atoms with E-state index in [1.807, 2.05) is 30.3 Å². The summed E-state index contributed by atoms with van der Waals surface area (Å²) in [4.78, 5) is 19.1. The molecule has 188 valence electrons. The monoisotopic (exact) mass is 492 g/mol. The minimum atomic E-state index is -1.26. The minimum absolute atomic E-state index is 0.485. The van der Waals surface area contributed by atoms with Crippen molar-refractivity contribution in [3.05, 3.63) is 78.4 Å². The van der Waals surface area contributed by atoms with Gasteiger partial charge >= 0.3 is 11.9 Å². The van der Waals surface area contributed by atoms with E-state index in [-0.39, 0.29) is 0 Å². The normalized spacial score (nSPS) is 10.8. The maximum absolute atomic E-state index is 9.55. The number of benzene rings is 3. The summed E-state index contributed by atoms with van der Waals surface area (Å²) in [5.74, 6) is -0.0925. The third-order valence-electron chi connectivity index (χ3n) is 5.26. The summed E-state index contributed by atoms with van der Waals surface area (Å²) in [5.41, 5.74) is 9.02. The molecule has 0 aliphatic rings. The summed E-state index contributed by atoms with van der Waals surface area (Å²) >= 11 is 0. The zero-order chi connectivity index (χ0) is 26.1. The summed E-state index contributed by atoms with van der Waals surface area (Å²) in [6.45, 7) is 1.67. The van der Waals surface area contributed by atoms with Crippen molar-refractivity contribution in [3.63, 3.8) is 0 Å². The SMILES string of the molecule is COc1cc(Cn2c3ccccc3c3c(OCCN)cccc32)cc(OC)c1.O=C(O)/C=C/C(=O)O. The predicted molar refractivity (Wildman–Crippen MR) is 137 cm³/mol. The van der Waals surface area contributed by atoms with Gasteiger partial charge in [-0.05, 0) is 35.9 Å². The van der Waals surface area contributed by atoms with E-state index in [0.29, 0.717) is 31.8 Å². The molecule has 0 atom stereocenters. The first kappa shape index (κ1) is 26.1. The molecule has 0 saturated carbocycles. The molecule has 1 aromatic heterocycles. The van der Waals surface area contributed by atoms with E-state index in [2.05, 4.69) is 34.9 Å². The lowest BCUT2D eigenvalue weighted by atomic mass is 10.1. The van der Waals surface area contributed by atoms with Gasteiger partial charge in [0, 0.05) is 47.6 Å². The van der Waals surface area contributed by atoms with Gasteiger partial charge in [-0.3, -0.25) is 0 Å². The molecule has 3 aromatic carbocycles. The molecule has 9 heteroatoms. The molecule has 4 rings (SSSR count). The Balaban J connectivity index is 0.000000392. The number of hydrogen-bond donors (Lipinski definition) is 3. The van der Waals surface area contributed by atoms with Crippen molar-refractivity contribution in [2.75, 3.05) is 27.4 Å². The zero-order valence-electron chi connectivity index (χ0n) is 20.0. The van der Waals surface area contributed by atoms with Crippen molar-refractivity contribution in [2.45, 2.75) is 6.54 Å². The number of rotatable bonds is 9. The fraction of sp³-hybridized carbons (Fsp3) is 0.185. The zero-order valence-corrected chi connectivity index (χ0v) is 20.0. The lowest BCUT2D eigenvalue weighted by molar-refractivity contribution is -0.134. The fourth-order valence-electron chi connectivity index (χ4n) is 3.81. The Labute approximate surface area is 207 Å². The Morgan fingerprint density at radius 2 is 1.50 bits per heavy atom. The van der Waals surface area contributed by atoms with Crippen molar-refractivity contribution in [1.29, 1.82) is 0 Å². The molecule has 4 aromatic rings. The quantitative estimate of drug-likeness (QED) is 0.300. The second-order valence-corrected chi connectivity index (χ2v) is 7.62. The number of carbonyl (C=O) groups is 2. The second-order valence-electron chi connectivity index (χ2n) is 7.62. The van der Waals surface area contributed by atoms with E-state index in [4.69, 9.17) is 30.2 Å². The predicted octanol–water partition coefficient (Wildman–Crippen LogP) is 3.91. The van der Waals surface area contributed by atoms with E-state index in [9.17, 15) is 9.59 Å². The Kier molecular flexibility index (Phi) is 8.90. The van der Waals surface area contributed by atoms with Crippen molar-refractivity contribution in [1.82, 2.24) is 4.57 Å². The number of carboxylic acids is 2. The van der Waals surface area contributed by atoms with Gasteiger partial charge in [0.05, 0.1) is 19.7 Å². The Bertz CT molecular complexity index is 1350. The van der Waals surface area contributed by atoms with Crippen LogP contribution in [0, 0.1) is 0 Å². The maximum atomic E-state index is 9.55. The molecule has 0 radical (unpaired) electrons. The molecule has 0 aliphatic carbocycles. The third kappa shape index (κ3) is 6.34. The van der Waals surface area contributed by atoms with Gasteiger partial charge in [-0.2, -0.15) is 0 Å². The summed E-state index contributed by atoms with van der Waals surface area (Å²) in [6.07, 6.45) is 1.12. The molecule has 36 heavy (non-hydrogen) atoms. The number of hydrogen-bond acceptors (Lipinski definition) is 6. The number of fused-ring (bicyclic) bond motifs is 3. The van der Waals surface area contributed by atoms with E-state index in [1.54, 1.807) is 14.2 Å². The van der Waals surface area contributed by atoms with Gasteiger partial charge in [0.15, 0.2) is 0 Å². The van der Waals surface area contributed by atoms with E-state index >= 15 is 0 Å². The van der Waals surface area contributed by atoms with E-state index in [1.165, 1.54) is 5.39 Å². The highest BCUT2D eigenvalue weighted by Gasteiger charge is 2.15. The number of aromatic nitrogens is 1. The molecule has 0 unspecified atom stereocenters. The average Bonchev–Trinajstić information content (AvgIpc) is 3.20. The molecular weight excluding hydrogens is 464 g/mol. The number of nitrogens with zero attached hydrogens (tertiary/aromatic N) is 1. The third-order valence-corrected chi connectivity index (χ3v) is 5.26. The lowest BCUT2D eigenvalue weighted by Crippen LogP contribution is -2.10. The summed E-state index contributed by atoms with van der Waals surface area (Å²) < 4.78 is 19.1. The Hall–Kier alpha value is -4.50. The van der Waals surface area contributed by atoms with Gasteiger partial charge in [0.1, 0.15) is 23.9 Å². The van der Waals surface area contributed by atoms with Gasteiger partial charge in [-0.1, -0.05) is 24.3 Å². The molecule has 0 bridgehead atoms. The van der Waals surface area contributed by atoms with Gasteiger partial charge in [-0.25, -0.2) is 9.59 Å². The maximum Gasteiger partial charge on any atom is 0.328 e. The van der Waals surface area contributed by atoms with Gasteiger partial charge < -0.3 is 34.7 Å². The van der Waals surface area contributed by atoms with Gasteiger partial charge in [-0.15, -0.1) is 0 Å². The molecule has 0 fully saturated rings. The standard InChI is InChI=1S/C23H24N2O3.C4H4O4/c1-26-17-12-16(13-18(14-17)27-2)15-25-20-7-4-3-6-19(20)23-21(25)8-5-9-22(23)28-11-10-24;5-3(6)1-2-4(7)8/h3-9,12-14H,10-11,15,24H2,1-2H3;1-2H,(H,5,6)(H,7,8)/b;2-1+. The van der Waals surface area contributed by atoms with Crippen LogP contribution in [0.15, 0.2) is 72.8 Å². The number of para-hydroxylation sites is 1. The van der Waals surface area contributed by atoms with Gasteiger partial charge in [0.25, 0.3) is 0 Å². The molecule has 0 spiro atoms. The van der Waals surface area contributed by atoms with Crippen LogP contribution in [0.25, 0.3) is 21.8 Å². The van der Waals surface area contributed by atoms with Crippen molar-refractivity contribution in [3.8, 4) is 17.2 Å². The minimum Gasteiger partial charge on any atom is -0.497 e. The van der Waals surface area contributed by atoms with Crippen molar-refractivity contribution < 1.29 is 34.0 Å². The largest absolute Gasteiger partial charge is 0.497 e. The van der Waals surface area contributed by atoms with Crippen LogP contribution in [-0.2, 0) is 16.1 Å². The lowest BCUT2D eigenvalue weighted by Gasteiger charge is -2.12. The molecule has 0 amide bonds. The van der Waals surface area contributed by atoms with Crippen LogP contribution < -0.4 is 19.9 Å². The van der Waals surface area contributed by atoms with Crippen LogP contribution in [0.3, 0.4) is 0 Å². The molecule has 1 heterocycles. The highest BCUT2D eigenvalue weighted by atomic mass is 16.5. The van der Waals surface area contributed by atoms with E-state index < -0.39 is 11.9 Å². The molecule has 9 nitrogen and oxygen atoms in total. The Morgan fingerprint density at radius 1 is 0.889 bits per heavy atom. The van der Waals surface area contributed by atoms with Crippen LogP contribution in [0.4, 0.5) is 0 Å². The average molecular weight is 493 g/mol. The fourth-order valence-corrected chi connectivity index (χ4v) is 3.81. The highest BCUT2D eigenvalue weighted by molar-refractivity contribution is 6.11. The number of carboxylic acid groups (broad SMARTS) is 2. The van der Waals surface area contributed by atoms with Crippen LogP contribution in [-0.4, -0.2) is 54.1 Å². The second kappa shape index (κ2) is 12.3. The molecule has 0 aliphatic heterocycles. The van der Waals surface area contributed by atoms with E-state index in [0.717, 1.165) is 39.2 Å². The summed E-state index contributed by atoms with van der Waals surface area (Å²) in [6, 6.07) is 20.5. The Morgan fingerprint density at radius 3 is 2.08 bits per heavy atom. The molecule has 4 N–H and O–H groups in total. The summed E-state index contributed by atoms with van der Waals surface area (Å²) in [5, 5.41) is 17.9. The van der Waals surface area contributed by atoms with Crippen LogP contribution >= 0.6 is 0 Å². The molecular formula is C27H28N2O7. The first-order chi connectivity index (χ1) is 17.4. The number of ether oxygens (including phenoxy) is 3. The molecule has 0 saturated heterocycles. The topological polar surface area (TPSA) is 133 Å². The highest BCUT2D eigenvalue weighted by Crippen LogP contribution is 2.36. The number of methoxy groups -OCH3 is 2. The van der Waals surface area contributed by atoms with Crippen LogP contribution in [0.5, 0.6) is 17.2 Å². The smallest absolute Gasteiger partial charge is 0.328 e. The van der Waals surface area contributed by atoms with Crippen LogP contribution in [0.1, 0.15) is 5.56 Å². The van der Waals surface area contributed by atoms with Crippen molar-refractivity contribution in [2.24, 2.45) is 5.73 Å².